The lowest BCUT2D eigenvalue weighted by Crippen LogP contribution is -2.33. The molecule has 0 saturated carbocycles. The predicted molar refractivity (Wildman–Crippen MR) is 89.8 cm³/mol. The Hall–Kier alpha value is -0.740. The van der Waals surface area contributed by atoms with Crippen LogP contribution < -0.4 is 10.2 Å². The van der Waals surface area contributed by atoms with Gasteiger partial charge in [-0.25, -0.2) is 4.98 Å². The number of aromatic nitrogens is 1. The summed E-state index contributed by atoms with van der Waals surface area (Å²) in [6, 6.07) is 4.55. The highest BCUT2D eigenvalue weighted by atomic mass is 32.2. The van der Waals surface area contributed by atoms with Gasteiger partial charge in [-0.15, -0.1) is 0 Å². The van der Waals surface area contributed by atoms with Crippen molar-refractivity contribution in [2.45, 2.75) is 39.7 Å². The fraction of sp³-hybridized carbons (Fsp3) is 0.688. The normalized spacial score (nSPS) is 15.6. The molecule has 1 aromatic heterocycles. The van der Waals surface area contributed by atoms with Crippen LogP contribution >= 0.6 is 11.8 Å². The van der Waals surface area contributed by atoms with E-state index in [1.807, 2.05) is 11.8 Å². The molecule has 0 unspecified atom stereocenters. The summed E-state index contributed by atoms with van der Waals surface area (Å²) in [6.45, 7) is 8.74. The monoisotopic (exact) mass is 293 g/mol. The Balaban J connectivity index is 2.11. The maximum Gasteiger partial charge on any atom is 0.129 e. The number of rotatable bonds is 7. The second-order valence-electron chi connectivity index (χ2n) is 5.35. The number of nitrogens with zero attached hydrogens (tertiary/aromatic N) is 2. The van der Waals surface area contributed by atoms with E-state index in [4.69, 9.17) is 4.98 Å². The van der Waals surface area contributed by atoms with E-state index in [1.165, 1.54) is 35.0 Å². The van der Waals surface area contributed by atoms with Crippen LogP contribution in [0.4, 0.5) is 5.82 Å². The summed E-state index contributed by atoms with van der Waals surface area (Å²) in [4.78, 5) is 7.31. The van der Waals surface area contributed by atoms with Gasteiger partial charge in [0.1, 0.15) is 5.82 Å². The van der Waals surface area contributed by atoms with Gasteiger partial charge in [-0.1, -0.05) is 20.3 Å². The minimum atomic E-state index is 0.961. The maximum atomic E-state index is 4.86. The summed E-state index contributed by atoms with van der Waals surface area (Å²) < 4.78 is 0. The first-order valence-corrected chi connectivity index (χ1v) is 9.02. The first-order valence-electron chi connectivity index (χ1n) is 7.86. The minimum absolute atomic E-state index is 0.961. The second kappa shape index (κ2) is 8.53. The van der Waals surface area contributed by atoms with E-state index >= 15 is 0 Å². The number of hydrogen-bond donors (Lipinski definition) is 1. The molecule has 1 fully saturated rings. The smallest absolute Gasteiger partial charge is 0.129 e. The molecule has 1 aromatic rings. The van der Waals surface area contributed by atoms with Gasteiger partial charge in [0.25, 0.3) is 0 Å². The van der Waals surface area contributed by atoms with Crippen molar-refractivity contribution in [3.63, 3.8) is 0 Å². The van der Waals surface area contributed by atoms with Gasteiger partial charge in [0.15, 0.2) is 0 Å². The van der Waals surface area contributed by atoms with Crippen molar-refractivity contribution in [1.82, 2.24) is 10.3 Å². The van der Waals surface area contributed by atoms with Crippen LogP contribution in [-0.2, 0) is 13.0 Å². The van der Waals surface area contributed by atoms with Crippen LogP contribution in [0.3, 0.4) is 0 Å². The van der Waals surface area contributed by atoms with Crippen LogP contribution in [0.5, 0.6) is 0 Å². The highest BCUT2D eigenvalue weighted by molar-refractivity contribution is 7.99. The predicted octanol–water partition coefficient (Wildman–Crippen LogP) is 3.09. The second-order valence-corrected chi connectivity index (χ2v) is 6.58. The SMILES string of the molecule is CCCNCc1cc(CCC)nc(N2CCSCC2)c1. The lowest BCUT2D eigenvalue weighted by Gasteiger charge is -2.28. The summed E-state index contributed by atoms with van der Waals surface area (Å²) >= 11 is 2.05. The summed E-state index contributed by atoms with van der Waals surface area (Å²) in [6.07, 6.45) is 3.43. The molecule has 1 N–H and O–H groups in total. The van der Waals surface area contributed by atoms with Gasteiger partial charge in [-0.05, 0) is 37.1 Å². The minimum Gasteiger partial charge on any atom is -0.355 e. The van der Waals surface area contributed by atoms with Gasteiger partial charge in [-0.3, -0.25) is 0 Å². The molecule has 112 valence electrons. The van der Waals surface area contributed by atoms with E-state index in [0.717, 1.165) is 39.0 Å². The van der Waals surface area contributed by atoms with Gasteiger partial charge < -0.3 is 10.2 Å². The highest BCUT2D eigenvalue weighted by Crippen LogP contribution is 2.20. The van der Waals surface area contributed by atoms with Crippen LogP contribution in [0.1, 0.15) is 37.9 Å². The van der Waals surface area contributed by atoms with Crippen LogP contribution in [0.2, 0.25) is 0 Å². The lowest BCUT2D eigenvalue weighted by atomic mass is 10.1. The van der Waals surface area contributed by atoms with Gasteiger partial charge in [0, 0.05) is 36.8 Å². The Morgan fingerprint density at radius 1 is 1.20 bits per heavy atom. The molecular formula is C16H27N3S. The Kier molecular flexibility index (Phi) is 6.67. The van der Waals surface area contributed by atoms with E-state index < -0.39 is 0 Å². The van der Waals surface area contributed by atoms with Crippen LogP contribution in [0.25, 0.3) is 0 Å². The molecule has 0 aliphatic carbocycles. The van der Waals surface area contributed by atoms with Crippen molar-refractivity contribution in [3.8, 4) is 0 Å². The fourth-order valence-electron chi connectivity index (χ4n) is 2.48. The van der Waals surface area contributed by atoms with Gasteiger partial charge in [-0.2, -0.15) is 11.8 Å². The molecule has 1 aliphatic heterocycles. The van der Waals surface area contributed by atoms with Crippen molar-refractivity contribution >= 4 is 17.6 Å². The zero-order valence-electron chi connectivity index (χ0n) is 12.8. The first kappa shape index (κ1) is 15.6. The van der Waals surface area contributed by atoms with Crippen molar-refractivity contribution in [2.75, 3.05) is 36.0 Å². The van der Waals surface area contributed by atoms with Crippen molar-refractivity contribution in [1.29, 1.82) is 0 Å². The molecule has 0 amide bonds. The van der Waals surface area contributed by atoms with Gasteiger partial charge >= 0.3 is 0 Å². The summed E-state index contributed by atoms with van der Waals surface area (Å²) in [5.41, 5.74) is 2.63. The number of pyridine rings is 1. The van der Waals surface area contributed by atoms with E-state index in [-0.39, 0.29) is 0 Å². The molecule has 0 bridgehead atoms. The molecule has 0 spiro atoms. The summed E-state index contributed by atoms with van der Waals surface area (Å²) in [5, 5.41) is 3.50. The third kappa shape index (κ3) is 4.67. The van der Waals surface area contributed by atoms with E-state index in [1.54, 1.807) is 0 Å². The third-order valence-electron chi connectivity index (χ3n) is 3.52. The van der Waals surface area contributed by atoms with Crippen molar-refractivity contribution < 1.29 is 0 Å². The Morgan fingerprint density at radius 3 is 2.70 bits per heavy atom. The molecule has 1 aliphatic rings. The van der Waals surface area contributed by atoms with Gasteiger partial charge in [0.2, 0.25) is 0 Å². The number of hydrogen-bond acceptors (Lipinski definition) is 4. The molecule has 0 atom stereocenters. The average molecular weight is 293 g/mol. The van der Waals surface area contributed by atoms with E-state index in [9.17, 15) is 0 Å². The third-order valence-corrected chi connectivity index (χ3v) is 4.46. The topological polar surface area (TPSA) is 28.2 Å². The first-order chi connectivity index (χ1) is 9.83. The number of anilines is 1. The average Bonchev–Trinajstić information content (AvgIpc) is 2.49. The molecule has 2 rings (SSSR count). The molecule has 4 heteroatoms. The Labute approximate surface area is 127 Å². The van der Waals surface area contributed by atoms with Crippen molar-refractivity contribution in [3.05, 3.63) is 23.4 Å². The zero-order valence-corrected chi connectivity index (χ0v) is 13.6. The van der Waals surface area contributed by atoms with E-state index in [0.29, 0.717) is 0 Å². The molecule has 0 radical (unpaired) electrons. The van der Waals surface area contributed by atoms with Crippen LogP contribution in [0, 0.1) is 0 Å². The molecular weight excluding hydrogens is 266 g/mol. The summed E-state index contributed by atoms with van der Waals surface area (Å²) in [7, 11) is 0. The maximum absolute atomic E-state index is 4.86. The van der Waals surface area contributed by atoms with Gasteiger partial charge in [0.05, 0.1) is 0 Å². The number of nitrogens with one attached hydrogen (secondary N) is 1. The Bertz CT molecular complexity index is 403. The lowest BCUT2D eigenvalue weighted by molar-refractivity contribution is 0.672. The van der Waals surface area contributed by atoms with E-state index in [2.05, 4.69) is 36.2 Å². The number of thioether (sulfide) groups is 1. The molecule has 0 aromatic carbocycles. The van der Waals surface area contributed by atoms with Crippen molar-refractivity contribution in [2.24, 2.45) is 0 Å². The molecule has 3 nitrogen and oxygen atoms in total. The summed E-state index contributed by atoms with van der Waals surface area (Å²) in [5.74, 6) is 3.64. The molecule has 2 heterocycles. The quantitative estimate of drug-likeness (QED) is 0.782. The molecule has 1 saturated heterocycles. The standard InChI is InChI=1S/C16H27N3S/c1-3-5-15-11-14(13-17-6-4-2)12-16(18-15)19-7-9-20-10-8-19/h11-12,17H,3-10,13H2,1-2H3. The van der Waals surface area contributed by atoms with Crippen LogP contribution in [-0.4, -0.2) is 36.1 Å². The van der Waals surface area contributed by atoms with Crippen LogP contribution in [0.15, 0.2) is 12.1 Å². The highest BCUT2D eigenvalue weighted by Gasteiger charge is 2.13. The largest absolute Gasteiger partial charge is 0.355 e. The molecule has 20 heavy (non-hydrogen) atoms. The number of aryl methyl sites for hydroxylation is 1. The zero-order chi connectivity index (χ0) is 14.2. The fourth-order valence-corrected chi connectivity index (χ4v) is 3.39. The Morgan fingerprint density at radius 2 is 2.00 bits per heavy atom.